The minimum Gasteiger partial charge on any atom is -0.311 e. The smallest absolute Gasteiger partial charge is 0.0541 e. The van der Waals surface area contributed by atoms with Gasteiger partial charge in [-0.3, -0.25) is 0 Å². The van der Waals surface area contributed by atoms with Gasteiger partial charge in [0, 0.05) is 64.6 Å². The van der Waals surface area contributed by atoms with Gasteiger partial charge in [-0.2, -0.15) is 0 Å². The molecule has 0 saturated carbocycles. The van der Waals surface area contributed by atoms with Crippen molar-refractivity contribution in [2.75, 3.05) is 4.90 Å². The normalized spacial score (nSPS) is 12.8. The number of thiophene rings is 2. The number of hydrogen-bond acceptors (Lipinski definition) is 3. The molecule has 0 unspecified atom stereocenters. The summed E-state index contributed by atoms with van der Waals surface area (Å²) in [5.41, 5.74) is 17.2. The Morgan fingerprint density at radius 1 is 0.338 bits per heavy atom. The summed E-state index contributed by atoms with van der Waals surface area (Å²) in [7, 11) is 0. The standard InChI is InChI=1S/C66H65N3S2/c1-63(2,3)43-17-31-56-52(38-43)53-39-44(64(4,5)6)18-32-57(53)68(56)50-27-23-48(24-28-50)67(47-21-15-42(16-22-47)60-35-36-62(71-60)61-14-13-37-70-61)49-25-29-51(30-26-49)69-58-33-19-45(65(7,8)9)40-54(58)55-41-46(66(10,11)12)20-34-59(55)69/h13-41H,1-12H3. The SMILES string of the molecule is CC(C)(C)c1ccc2c(c1)c1cc(C(C)(C)C)ccc1n2-c1ccc(N(c2ccc(-c3ccc(-c4cccs4)s3)cc2)c2ccc(-n3c4ccc(C(C)(C)C)cc4c4cc(C(C)(C)C)ccc43)cc2)cc1. The highest BCUT2D eigenvalue weighted by Gasteiger charge is 2.24. The number of aromatic nitrogens is 2. The summed E-state index contributed by atoms with van der Waals surface area (Å²) in [5, 5.41) is 7.34. The molecule has 0 amide bonds. The van der Waals surface area contributed by atoms with Gasteiger partial charge >= 0.3 is 0 Å². The van der Waals surface area contributed by atoms with Crippen LogP contribution in [0.3, 0.4) is 0 Å². The predicted octanol–water partition coefficient (Wildman–Crippen LogP) is 20.0. The summed E-state index contributed by atoms with van der Waals surface area (Å²) in [6.07, 6.45) is 0. The number of rotatable bonds is 7. The molecule has 4 aromatic heterocycles. The van der Waals surface area contributed by atoms with Crippen molar-refractivity contribution in [2.45, 2.75) is 105 Å². The van der Waals surface area contributed by atoms with Gasteiger partial charge in [0.1, 0.15) is 0 Å². The molecule has 0 radical (unpaired) electrons. The van der Waals surface area contributed by atoms with Gasteiger partial charge in [0.25, 0.3) is 0 Å². The lowest BCUT2D eigenvalue weighted by molar-refractivity contribution is 0.590. The second-order valence-electron chi connectivity index (χ2n) is 23.7. The van der Waals surface area contributed by atoms with Crippen LogP contribution in [0.2, 0.25) is 0 Å². The monoisotopic (exact) mass is 963 g/mol. The first-order valence-corrected chi connectivity index (χ1v) is 26.8. The Balaban J connectivity index is 1.03. The van der Waals surface area contributed by atoms with Crippen molar-refractivity contribution in [1.29, 1.82) is 0 Å². The van der Waals surface area contributed by atoms with Crippen LogP contribution in [-0.2, 0) is 21.7 Å². The minimum absolute atomic E-state index is 0.0401. The van der Waals surface area contributed by atoms with Crippen molar-refractivity contribution in [3.63, 3.8) is 0 Å². The molecule has 0 spiro atoms. The fraction of sp³-hybridized carbons (Fsp3) is 0.242. The van der Waals surface area contributed by atoms with Gasteiger partial charge in [-0.05, 0) is 182 Å². The summed E-state index contributed by atoms with van der Waals surface area (Å²) >= 11 is 3.65. The van der Waals surface area contributed by atoms with Crippen LogP contribution >= 0.6 is 22.7 Å². The summed E-state index contributed by atoms with van der Waals surface area (Å²) in [6, 6.07) is 64.6. The highest BCUT2D eigenvalue weighted by molar-refractivity contribution is 7.23. The molecular weight excluding hydrogens is 899 g/mol. The molecule has 0 aliphatic carbocycles. The van der Waals surface area contributed by atoms with Crippen LogP contribution in [0.15, 0.2) is 175 Å². The van der Waals surface area contributed by atoms with Crippen molar-refractivity contribution >= 4 is 83.3 Å². The van der Waals surface area contributed by atoms with Crippen molar-refractivity contribution in [3.8, 4) is 31.6 Å². The van der Waals surface area contributed by atoms with Crippen molar-refractivity contribution in [3.05, 3.63) is 197 Å². The van der Waals surface area contributed by atoms with Crippen LogP contribution in [-0.4, -0.2) is 9.13 Å². The van der Waals surface area contributed by atoms with Gasteiger partial charge in [-0.1, -0.05) is 126 Å². The molecule has 11 aromatic rings. The first kappa shape index (κ1) is 46.7. The third-order valence-corrected chi connectivity index (χ3v) is 16.7. The minimum atomic E-state index is 0.0401. The Morgan fingerprint density at radius 2 is 0.676 bits per heavy atom. The van der Waals surface area contributed by atoms with Crippen LogP contribution < -0.4 is 4.90 Å². The van der Waals surface area contributed by atoms with E-state index in [-0.39, 0.29) is 21.7 Å². The first-order valence-electron chi connectivity index (χ1n) is 25.1. The molecule has 0 atom stereocenters. The Hall–Kier alpha value is -6.66. The van der Waals surface area contributed by atoms with E-state index < -0.39 is 0 Å². The van der Waals surface area contributed by atoms with Gasteiger partial charge in [-0.25, -0.2) is 0 Å². The average Bonchev–Trinajstić information content (AvgIpc) is 4.16. The van der Waals surface area contributed by atoms with Gasteiger partial charge in [0.2, 0.25) is 0 Å². The first-order chi connectivity index (χ1) is 33.7. The maximum absolute atomic E-state index is 2.45. The molecule has 7 aromatic carbocycles. The average molecular weight is 964 g/mol. The molecule has 0 aliphatic rings. The molecule has 4 heterocycles. The van der Waals surface area contributed by atoms with E-state index in [1.807, 2.05) is 11.3 Å². The molecule has 0 saturated heterocycles. The van der Waals surface area contributed by atoms with Crippen LogP contribution in [0.25, 0.3) is 75.2 Å². The van der Waals surface area contributed by atoms with Gasteiger partial charge in [-0.15, -0.1) is 22.7 Å². The highest BCUT2D eigenvalue weighted by Crippen LogP contribution is 2.43. The van der Waals surface area contributed by atoms with E-state index in [0.717, 1.165) is 28.4 Å². The van der Waals surface area contributed by atoms with Crippen molar-refractivity contribution < 1.29 is 0 Å². The van der Waals surface area contributed by atoms with Gasteiger partial charge in [0.05, 0.1) is 22.1 Å². The fourth-order valence-electron chi connectivity index (χ4n) is 10.2. The van der Waals surface area contributed by atoms with E-state index >= 15 is 0 Å². The second-order valence-corrected chi connectivity index (χ2v) is 25.7. The quantitative estimate of drug-likeness (QED) is 0.155. The van der Waals surface area contributed by atoms with Crippen LogP contribution in [0.5, 0.6) is 0 Å². The van der Waals surface area contributed by atoms with Crippen LogP contribution in [0.4, 0.5) is 17.1 Å². The van der Waals surface area contributed by atoms with E-state index in [2.05, 4.69) is 272 Å². The fourth-order valence-corrected chi connectivity index (χ4v) is 12.1. The van der Waals surface area contributed by atoms with Gasteiger partial charge in [0.15, 0.2) is 0 Å². The lowest BCUT2D eigenvalue weighted by Crippen LogP contribution is -2.11. The zero-order valence-electron chi connectivity index (χ0n) is 43.4. The highest BCUT2D eigenvalue weighted by atomic mass is 32.1. The summed E-state index contributed by atoms with van der Waals surface area (Å²) in [6.45, 7) is 27.7. The molecule has 0 bridgehead atoms. The maximum Gasteiger partial charge on any atom is 0.0541 e. The van der Waals surface area contributed by atoms with E-state index in [0.29, 0.717) is 0 Å². The Morgan fingerprint density at radius 3 is 1.00 bits per heavy atom. The predicted molar refractivity (Wildman–Crippen MR) is 311 cm³/mol. The lowest BCUT2D eigenvalue weighted by atomic mass is 9.85. The Bertz CT molecular complexity index is 3420. The zero-order chi connectivity index (χ0) is 49.8. The molecular formula is C66H65N3S2. The van der Waals surface area contributed by atoms with Crippen LogP contribution in [0.1, 0.15) is 105 Å². The van der Waals surface area contributed by atoms with Crippen molar-refractivity contribution in [2.24, 2.45) is 0 Å². The molecule has 0 N–H and O–H groups in total. The van der Waals surface area contributed by atoms with E-state index in [1.165, 1.54) is 86.1 Å². The Labute approximate surface area is 428 Å². The maximum atomic E-state index is 2.45. The molecule has 356 valence electrons. The molecule has 11 rings (SSSR count). The number of fused-ring (bicyclic) bond motifs is 6. The summed E-state index contributed by atoms with van der Waals surface area (Å²) < 4.78 is 4.90. The third-order valence-electron chi connectivity index (χ3n) is 14.5. The number of nitrogens with zero attached hydrogens (tertiary/aromatic N) is 3. The number of anilines is 3. The topological polar surface area (TPSA) is 13.1 Å². The summed E-state index contributed by atoms with van der Waals surface area (Å²) in [5.74, 6) is 0. The molecule has 3 nitrogen and oxygen atoms in total. The van der Waals surface area contributed by atoms with Crippen LogP contribution in [0, 0.1) is 0 Å². The molecule has 5 heteroatoms. The Kier molecular flexibility index (Phi) is 11.2. The molecule has 71 heavy (non-hydrogen) atoms. The third kappa shape index (κ3) is 8.51. The zero-order valence-corrected chi connectivity index (χ0v) is 45.0. The largest absolute Gasteiger partial charge is 0.311 e. The van der Waals surface area contributed by atoms with E-state index in [1.54, 1.807) is 11.3 Å². The number of hydrogen-bond donors (Lipinski definition) is 0. The molecule has 0 fully saturated rings. The molecule has 0 aliphatic heterocycles. The van der Waals surface area contributed by atoms with E-state index in [9.17, 15) is 0 Å². The summed E-state index contributed by atoms with van der Waals surface area (Å²) in [4.78, 5) is 6.29. The van der Waals surface area contributed by atoms with E-state index in [4.69, 9.17) is 0 Å². The second kappa shape index (κ2) is 17.0. The number of benzene rings is 7. The van der Waals surface area contributed by atoms with Crippen molar-refractivity contribution in [1.82, 2.24) is 9.13 Å². The lowest BCUT2D eigenvalue weighted by Gasteiger charge is -2.26. The van der Waals surface area contributed by atoms with Gasteiger partial charge < -0.3 is 14.0 Å².